The van der Waals surface area contributed by atoms with Gasteiger partial charge in [0.15, 0.2) is 0 Å². The van der Waals surface area contributed by atoms with Crippen LogP contribution in [0.2, 0.25) is 0 Å². The number of nitrogens with two attached hydrogens (primary N) is 1. The molecule has 1 heterocycles. The fourth-order valence-electron chi connectivity index (χ4n) is 2.75. The molecule has 0 aromatic heterocycles. The molecule has 1 aliphatic rings. The standard InChI is InChI=1S/C12H26N2/c1-9(2)12-6-5-7-14(12)11(4)8-10(3)13/h9-12H,5-8,13H2,1-4H3. The summed E-state index contributed by atoms with van der Waals surface area (Å²) in [6.07, 6.45) is 3.87. The molecular weight excluding hydrogens is 172 g/mol. The van der Waals surface area contributed by atoms with Crippen LogP contribution in [0.4, 0.5) is 0 Å². The molecule has 0 aliphatic carbocycles. The van der Waals surface area contributed by atoms with Crippen LogP contribution in [0.3, 0.4) is 0 Å². The van der Waals surface area contributed by atoms with Crippen molar-refractivity contribution >= 4 is 0 Å². The van der Waals surface area contributed by atoms with Gasteiger partial charge in [0.05, 0.1) is 0 Å². The van der Waals surface area contributed by atoms with E-state index in [0.29, 0.717) is 12.1 Å². The average molecular weight is 198 g/mol. The van der Waals surface area contributed by atoms with Crippen LogP contribution in [-0.4, -0.2) is 29.6 Å². The zero-order valence-electron chi connectivity index (χ0n) is 10.2. The summed E-state index contributed by atoms with van der Waals surface area (Å²) in [4.78, 5) is 2.66. The normalized spacial score (nSPS) is 28.3. The summed E-state index contributed by atoms with van der Waals surface area (Å²) in [5.74, 6) is 0.785. The lowest BCUT2D eigenvalue weighted by atomic mass is 9.99. The Morgan fingerprint density at radius 1 is 1.29 bits per heavy atom. The highest BCUT2D eigenvalue weighted by Crippen LogP contribution is 2.26. The number of hydrogen-bond acceptors (Lipinski definition) is 2. The highest BCUT2D eigenvalue weighted by atomic mass is 15.2. The Labute approximate surface area is 88.8 Å². The molecule has 3 atom stereocenters. The molecule has 1 rings (SSSR count). The monoisotopic (exact) mass is 198 g/mol. The van der Waals surface area contributed by atoms with Gasteiger partial charge in [-0.3, -0.25) is 4.90 Å². The van der Waals surface area contributed by atoms with Crippen LogP contribution in [0.25, 0.3) is 0 Å². The summed E-state index contributed by atoms with van der Waals surface area (Å²) < 4.78 is 0. The molecule has 1 saturated heterocycles. The summed E-state index contributed by atoms with van der Waals surface area (Å²) in [7, 11) is 0. The molecule has 0 saturated carbocycles. The van der Waals surface area contributed by atoms with Gasteiger partial charge in [0, 0.05) is 18.1 Å². The molecule has 0 amide bonds. The van der Waals surface area contributed by atoms with Gasteiger partial charge in [-0.25, -0.2) is 0 Å². The topological polar surface area (TPSA) is 29.3 Å². The maximum atomic E-state index is 5.86. The Balaban J connectivity index is 2.49. The highest BCUT2D eigenvalue weighted by Gasteiger charge is 2.30. The molecule has 2 nitrogen and oxygen atoms in total. The summed E-state index contributed by atoms with van der Waals surface area (Å²) in [5, 5.41) is 0. The van der Waals surface area contributed by atoms with E-state index < -0.39 is 0 Å². The van der Waals surface area contributed by atoms with Crippen molar-refractivity contribution in [3.8, 4) is 0 Å². The van der Waals surface area contributed by atoms with E-state index in [9.17, 15) is 0 Å². The molecule has 1 aliphatic heterocycles. The molecule has 0 bridgehead atoms. The van der Waals surface area contributed by atoms with E-state index in [-0.39, 0.29) is 0 Å². The third-order valence-electron chi connectivity index (χ3n) is 3.39. The second kappa shape index (κ2) is 5.13. The van der Waals surface area contributed by atoms with Gasteiger partial charge >= 0.3 is 0 Å². The Morgan fingerprint density at radius 3 is 2.43 bits per heavy atom. The van der Waals surface area contributed by atoms with E-state index in [4.69, 9.17) is 5.73 Å². The quantitative estimate of drug-likeness (QED) is 0.750. The van der Waals surface area contributed by atoms with Gasteiger partial charge in [-0.05, 0) is 45.6 Å². The minimum absolute atomic E-state index is 0.332. The first kappa shape index (κ1) is 12.0. The van der Waals surface area contributed by atoms with Crippen molar-refractivity contribution in [3.63, 3.8) is 0 Å². The van der Waals surface area contributed by atoms with E-state index in [1.165, 1.54) is 19.4 Å². The van der Waals surface area contributed by atoms with E-state index in [1.807, 2.05) is 0 Å². The van der Waals surface area contributed by atoms with E-state index in [0.717, 1.165) is 18.4 Å². The van der Waals surface area contributed by atoms with Gasteiger partial charge in [0.2, 0.25) is 0 Å². The van der Waals surface area contributed by atoms with Crippen molar-refractivity contribution in [2.24, 2.45) is 11.7 Å². The van der Waals surface area contributed by atoms with Crippen LogP contribution in [0, 0.1) is 5.92 Å². The van der Waals surface area contributed by atoms with Gasteiger partial charge in [0.1, 0.15) is 0 Å². The number of rotatable bonds is 4. The summed E-state index contributed by atoms with van der Waals surface area (Å²) in [6.45, 7) is 10.4. The van der Waals surface area contributed by atoms with Crippen LogP contribution in [0.5, 0.6) is 0 Å². The molecule has 0 aromatic carbocycles. The van der Waals surface area contributed by atoms with Crippen molar-refractivity contribution in [3.05, 3.63) is 0 Å². The molecular formula is C12H26N2. The molecule has 0 aromatic rings. The molecule has 1 fully saturated rings. The third-order valence-corrected chi connectivity index (χ3v) is 3.39. The van der Waals surface area contributed by atoms with Gasteiger partial charge < -0.3 is 5.73 Å². The molecule has 84 valence electrons. The second-order valence-corrected chi connectivity index (χ2v) is 5.25. The largest absolute Gasteiger partial charge is 0.328 e. The molecule has 0 radical (unpaired) electrons. The first-order valence-electron chi connectivity index (χ1n) is 6.03. The van der Waals surface area contributed by atoms with Crippen molar-refractivity contribution in [2.75, 3.05) is 6.54 Å². The smallest absolute Gasteiger partial charge is 0.0121 e. The van der Waals surface area contributed by atoms with Gasteiger partial charge in [0.25, 0.3) is 0 Å². The Morgan fingerprint density at radius 2 is 1.93 bits per heavy atom. The maximum absolute atomic E-state index is 5.86. The number of likely N-dealkylation sites (tertiary alicyclic amines) is 1. The lowest BCUT2D eigenvalue weighted by molar-refractivity contribution is 0.145. The molecule has 14 heavy (non-hydrogen) atoms. The molecule has 3 unspecified atom stereocenters. The summed E-state index contributed by atoms with van der Waals surface area (Å²) >= 11 is 0. The van der Waals surface area contributed by atoms with Crippen LogP contribution in [0.1, 0.15) is 47.0 Å². The van der Waals surface area contributed by atoms with Gasteiger partial charge in [-0.2, -0.15) is 0 Å². The molecule has 0 spiro atoms. The Kier molecular flexibility index (Phi) is 4.39. The summed E-state index contributed by atoms with van der Waals surface area (Å²) in [5.41, 5.74) is 5.86. The number of nitrogens with zero attached hydrogens (tertiary/aromatic N) is 1. The zero-order valence-corrected chi connectivity index (χ0v) is 10.2. The minimum atomic E-state index is 0.332. The zero-order chi connectivity index (χ0) is 10.7. The van der Waals surface area contributed by atoms with Crippen molar-refractivity contribution < 1.29 is 0 Å². The SMILES string of the molecule is CC(N)CC(C)N1CCCC1C(C)C. The van der Waals surface area contributed by atoms with E-state index in [1.54, 1.807) is 0 Å². The fraction of sp³-hybridized carbons (Fsp3) is 1.00. The lowest BCUT2D eigenvalue weighted by Gasteiger charge is -2.33. The van der Waals surface area contributed by atoms with E-state index >= 15 is 0 Å². The van der Waals surface area contributed by atoms with Gasteiger partial charge in [-0.1, -0.05) is 13.8 Å². The molecule has 2 heteroatoms. The van der Waals surface area contributed by atoms with Crippen LogP contribution >= 0.6 is 0 Å². The van der Waals surface area contributed by atoms with Crippen LogP contribution in [0.15, 0.2) is 0 Å². The third kappa shape index (κ3) is 2.96. The van der Waals surface area contributed by atoms with Crippen molar-refractivity contribution in [1.29, 1.82) is 0 Å². The maximum Gasteiger partial charge on any atom is 0.0121 e. The fourth-order valence-corrected chi connectivity index (χ4v) is 2.75. The Hall–Kier alpha value is -0.0800. The predicted molar refractivity (Wildman–Crippen MR) is 62.3 cm³/mol. The lowest BCUT2D eigenvalue weighted by Crippen LogP contribution is -2.42. The van der Waals surface area contributed by atoms with Crippen LogP contribution in [-0.2, 0) is 0 Å². The predicted octanol–water partition coefficient (Wildman–Crippen LogP) is 2.23. The van der Waals surface area contributed by atoms with Crippen molar-refractivity contribution in [2.45, 2.75) is 65.1 Å². The van der Waals surface area contributed by atoms with Gasteiger partial charge in [-0.15, -0.1) is 0 Å². The Bertz CT molecular complexity index is 166. The van der Waals surface area contributed by atoms with Crippen molar-refractivity contribution in [1.82, 2.24) is 4.90 Å². The van der Waals surface area contributed by atoms with Crippen LogP contribution < -0.4 is 5.73 Å². The minimum Gasteiger partial charge on any atom is -0.328 e. The van der Waals surface area contributed by atoms with E-state index in [2.05, 4.69) is 32.6 Å². The molecule has 2 N–H and O–H groups in total. The summed E-state index contributed by atoms with van der Waals surface area (Å²) in [6, 6.07) is 1.78. The average Bonchev–Trinajstić information content (AvgIpc) is 2.49. The first-order valence-corrected chi connectivity index (χ1v) is 6.03. The second-order valence-electron chi connectivity index (χ2n) is 5.25. The highest BCUT2D eigenvalue weighted by molar-refractivity contribution is 4.85. The number of hydrogen-bond donors (Lipinski definition) is 1. The first-order chi connectivity index (χ1) is 6.52.